The van der Waals surface area contributed by atoms with Gasteiger partial charge in [0, 0.05) is 25.8 Å². The lowest BCUT2D eigenvalue weighted by Gasteiger charge is -2.10. The van der Waals surface area contributed by atoms with E-state index in [0.717, 1.165) is 43.9 Å². The fourth-order valence-corrected chi connectivity index (χ4v) is 1.40. The predicted molar refractivity (Wildman–Crippen MR) is 76.0 cm³/mol. The molecule has 3 N–H and O–H groups in total. The fourth-order valence-electron chi connectivity index (χ4n) is 1.40. The van der Waals surface area contributed by atoms with E-state index in [2.05, 4.69) is 11.6 Å². The number of rotatable bonds is 10. The molecule has 0 aliphatic rings. The van der Waals surface area contributed by atoms with Crippen LogP contribution in [0.25, 0.3) is 0 Å². The maximum Gasteiger partial charge on any atom is 0.119 e. The first-order valence-electron chi connectivity index (χ1n) is 6.69. The summed E-state index contributed by atoms with van der Waals surface area (Å²) in [5.41, 5.74) is 10.0. The van der Waals surface area contributed by atoms with Gasteiger partial charge >= 0.3 is 0 Å². The Kier molecular flexibility index (Phi) is 10.7. The Morgan fingerprint density at radius 2 is 2.06 bits per heavy atom. The Bertz CT molecular complexity index is 263. The molecule has 0 aromatic heterocycles. The van der Waals surface area contributed by atoms with Gasteiger partial charge in [-0.1, -0.05) is 11.6 Å². The topological polar surface area (TPSA) is 56.5 Å². The van der Waals surface area contributed by atoms with Crippen LogP contribution in [0.3, 0.4) is 0 Å². The zero-order chi connectivity index (χ0) is 13.8. The van der Waals surface area contributed by atoms with Crippen molar-refractivity contribution >= 4 is 0 Å². The third kappa shape index (κ3) is 9.22. The summed E-state index contributed by atoms with van der Waals surface area (Å²) >= 11 is 0. The third-order valence-electron chi connectivity index (χ3n) is 2.48. The Balaban J connectivity index is 3.99. The molecule has 106 valence electrons. The summed E-state index contributed by atoms with van der Waals surface area (Å²) in [6, 6.07) is -0.0873. The highest BCUT2D eigenvalue weighted by Crippen LogP contribution is 2.06. The average Bonchev–Trinajstić information content (AvgIpc) is 2.35. The van der Waals surface area contributed by atoms with Crippen molar-refractivity contribution in [1.82, 2.24) is 5.48 Å². The van der Waals surface area contributed by atoms with Crippen molar-refractivity contribution in [2.24, 2.45) is 5.73 Å². The van der Waals surface area contributed by atoms with Crippen LogP contribution in [-0.2, 0) is 9.57 Å². The quantitative estimate of drug-likeness (QED) is 0.273. The van der Waals surface area contributed by atoms with E-state index in [0.29, 0.717) is 0 Å². The van der Waals surface area contributed by atoms with Gasteiger partial charge in [0.05, 0.1) is 0 Å². The van der Waals surface area contributed by atoms with E-state index in [1.165, 1.54) is 0 Å². The summed E-state index contributed by atoms with van der Waals surface area (Å²) in [6.45, 7) is 10.3. The number of hydrogen-bond acceptors (Lipinski definition) is 4. The number of unbranched alkanes of at least 4 members (excludes halogenated alkanes) is 1. The number of hydrogen-bond donors (Lipinski definition) is 2. The van der Waals surface area contributed by atoms with Gasteiger partial charge in [-0.2, -0.15) is 5.48 Å². The SMILES string of the molecule is CCNO/C(C)=C/C(N)/C(C)=C/CCCOCC. The molecule has 0 aromatic rings. The van der Waals surface area contributed by atoms with Crippen molar-refractivity contribution in [2.45, 2.75) is 46.6 Å². The third-order valence-corrected chi connectivity index (χ3v) is 2.48. The van der Waals surface area contributed by atoms with E-state index in [1.54, 1.807) is 0 Å². The highest BCUT2D eigenvalue weighted by atomic mass is 16.6. The number of nitrogens with two attached hydrogens (primary N) is 1. The second-order valence-corrected chi connectivity index (χ2v) is 4.19. The largest absolute Gasteiger partial charge is 0.414 e. The highest BCUT2D eigenvalue weighted by molar-refractivity contribution is 5.16. The van der Waals surface area contributed by atoms with E-state index in [9.17, 15) is 0 Å². The Labute approximate surface area is 111 Å². The van der Waals surface area contributed by atoms with Crippen molar-refractivity contribution in [3.05, 3.63) is 23.5 Å². The Hall–Kier alpha value is -0.840. The van der Waals surface area contributed by atoms with Crippen LogP contribution in [0.5, 0.6) is 0 Å². The summed E-state index contributed by atoms with van der Waals surface area (Å²) < 4.78 is 5.28. The molecule has 0 aliphatic heterocycles. The van der Waals surface area contributed by atoms with Crippen molar-refractivity contribution in [3.8, 4) is 0 Å². The molecule has 18 heavy (non-hydrogen) atoms. The lowest BCUT2D eigenvalue weighted by Crippen LogP contribution is -2.20. The first-order chi connectivity index (χ1) is 8.61. The highest BCUT2D eigenvalue weighted by Gasteiger charge is 2.02. The molecular weight excluding hydrogens is 228 g/mol. The molecule has 0 heterocycles. The second-order valence-electron chi connectivity index (χ2n) is 4.19. The standard InChI is InChI=1S/C14H28N2O2/c1-5-16-18-13(4)11-14(15)12(3)9-7-8-10-17-6-2/h9,11,14,16H,5-8,10,15H2,1-4H3/b12-9+,13-11+. The van der Waals surface area contributed by atoms with E-state index in [-0.39, 0.29) is 6.04 Å². The van der Waals surface area contributed by atoms with Gasteiger partial charge in [0.2, 0.25) is 0 Å². The minimum atomic E-state index is -0.0873. The summed E-state index contributed by atoms with van der Waals surface area (Å²) in [5, 5.41) is 0. The minimum absolute atomic E-state index is 0.0873. The van der Waals surface area contributed by atoms with E-state index < -0.39 is 0 Å². The van der Waals surface area contributed by atoms with Crippen LogP contribution < -0.4 is 11.2 Å². The van der Waals surface area contributed by atoms with Gasteiger partial charge in [-0.25, -0.2) is 0 Å². The zero-order valence-corrected chi connectivity index (χ0v) is 12.2. The van der Waals surface area contributed by atoms with Crippen LogP contribution in [-0.4, -0.2) is 25.8 Å². The summed E-state index contributed by atoms with van der Waals surface area (Å²) in [4.78, 5) is 5.25. The molecule has 0 fully saturated rings. The molecule has 0 aliphatic carbocycles. The van der Waals surface area contributed by atoms with Gasteiger partial charge in [0.1, 0.15) is 5.76 Å². The molecule has 1 unspecified atom stereocenters. The summed E-state index contributed by atoms with van der Waals surface area (Å²) in [7, 11) is 0. The molecule has 0 saturated carbocycles. The van der Waals surface area contributed by atoms with Gasteiger partial charge in [0.25, 0.3) is 0 Å². The fraction of sp³-hybridized carbons (Fsp3) is 0.714. The van der Waals surface area contributed by atoms with Gasteiger partial charge < -0.3 is 15.3 Å². The zero-order valence-electron chi connectivity index (χ0n) is 12.2. The molecule has 0 bridgehead atoms. The molecule has 0 radical (unpaired) electrons. The van der Waals surface area contributed by atoms with Crippen molar-refractivity contribution < 1.29 is 9.57 Å². The van der Waals surface area contributed by atoms with Gasteiger partial charge in [-0.3, -0.25) is 0 Å². The lowest BCUT2D eigenvalue weighted by molar-refractivity contribution is 0.110. The normalized spacial score (nSPS) is 14.7. The molecule has 1 atom stereocenters. The maximum absolute atomic E-state index is 6.05. The van der Waals surface area contributed by atoms with Gasteiger partial charge in [-0.05, 0) is 46.6 Å². The van der Waals surface area contributed by atoms with Crippen LogP contribution in [0.2, 0.25) is 0 Å². The first kappa shape index (κ1) is 17.2. The molecule has 0 rings (SSSR count). The molecule has 4 nitrogen and oxygen atoms in total. The first-order valence-corrected chi connectivity index (χ1v) is 6.69. The van der Waals surface area contributed by atoms with Crippen molar-refractivity contribution in [1.29, 1.82) is 0 Å². The van der Waals surface area contributed by atoms with E-state index in [4.69, 9.17) is 15.3 Å². The summed E-state index contributed by atoms with van der Waals surface area (Å²) in [5.74, 6) is 0.798. The van der Waals surface area contributed by atoms with Crippen LogP contribution in [0.1, 0.15) is 40.5 Å². The van der Waals surface area contributed by atoms with E-state index in [1.807, 2.05) is 33.8 Å². The van der Waals surface area contributed by atoms with Crippen LogP contribution in [0.4, 0.5) is 0 Å². The van der Waals surface area contributed by atoms with E-state index >= 15 is 0 Å². The lowest BCUT2D eigenvalue weighted by atomic mass is 10.1. The number of ether oxygens (including phenoxy) is 1. The number of allylic oxidation sites excluding steroid dienone is 2. The predicted octanol–water partition coefficient (Wildman–Crippen LogP) is 2.52. The Morgan fingerprint density at radius 1 is 1.33 bits per heavy atom. The van der Waals surface area contributed by atoms with Crippen LogP contribution in [0.15, 0.2) is 23.5 Å². The molecular formula is C14H28N2O2. The summed E-state index contributed by atoms with van der Waals surface area (Å²) in [6.07, 6.45) is 6.12. The smallest absolute Gasteiger partial charge is 0.119 e. The molecule has 0 saturated heterocycles. The van der Waals surface area contributed by atoms with Gasteiger partial charge in [0.15, 0.2) is 0 Å². The molecule has 4 heteroatoms. The molecule has 0 amide bonds. The number of nitrogens with one attached hydrogen (secondary N) is 1. The van der Waals surface area contributed by atoms with Gasteiger partial charge in [-0.15, -0.1) is 0 Å². The minimum Gasteiger partial charge on any atom is -0.414 e. The average molecular weight is 256 g/mol. The number of hydroxylamine groups is 1. The van der Waals surface area contributed by atoms with Crippen LogP contribution >= 0.6 is 0 Å². The Morgan fingerprint density at radius 3 is 2.67 bits per heavy atom. The van der Waals surface area contributed by atoms with Crippen molar-refractivity contribution in [2.75, 3.05) is 19.8 Å². The molecule has 0 aromatic carbocycles. The second kappa shape index (κ2) is 11.3. The maximum atomic E-state index is 6.05. The van der Waals surface area contributed by atoms with Crippen LogP contribution in [0, 0.1) is 0 Å². The molecule has 0 spiro atoms. The monoisotopic (exact) mass is 256 g/mol. The van der Waals surface area contributed by atoms with Crippen molar-refractivity contribution in [3.63, 3.8) is 0 Å².